The van der Waals surface area contributed by atoms with Gasteiger partial charge in [-0.05, 0) is 82.2 Å². The molecule has 204 valence electrons. The molecular weight excluding hydrogens is 484 g/mol. The molecule has 0 saturated carbocycles. The third-order valence-electron chi connectivity index (χ3n) is 6.22. The van der Waals surface area contributed by atoms with Crippen molar-refractivity contribution in [2.75, 3.05) is 10.7 Å². The third kappa shape index (κ3) is 10.3. The maximum absolute atomic E-state index is 11.9. The van der Waals surface area contributed by atoms with Gasteiger partial charge in [-0.1, -0.05) is 50.2 Å². The number of nitrogens with zero attached hydrogens (tertiary/aromatic N) is 1. The first kappa shape index (κ1) is 30.6. The highest BCUT2D eigenvalue weighted by atomic mass is 32.2. The van der Waals surface area contributed by atoms with Crippen molar-refractivity contribution in [3.8, 4) is 0 Å². The molecule has 0 unspecified atom stereocenters. The van der Waals surface area contributed by atoms with Crippen molar-refractivity contribution >= 4 is 29.5 Å². The summed E-state index contributed by atoms with van der Waals surface area (Å²) in [7, 11) is 0. The van der Waals surface area contributed by atoms with Gasteiger partial charge in [0.1, 0.15) is 11.6 Å². The lowest BCUT2D eigenvalue weighted by atomic mass is 9.94. The number of nitrogens with one attached hydrogen (secondary N) is 1. The molecule has 0 aliphatic heterocycles. The van der Waals surface area contributed by atoms with Crippen LogP contribution < -0.4 is 10.2 Å². The number of amides is 1. The Morgan fingerprint density at radius 1 is 0.973 bits per heavy atom. The van der Waals surface area contributed by atoms with Gasteiger partial charge in [-0.2, -0.15) is 11.8 Å². The molecule has 0 aliphatic carbocycles. The van der Waals surface area contributed by atoms with Crippen LogP contribution in [-0.4, -0.2) is 40.6 Å². The van der Waals surface area contributed by atoms with Crippen LogP contribution in [0.25, 0.3) is 0 Å². The number of thioether (sulfide) groups is 1. The van der Waals surface area contributed by atoms with Crippen LogP contribution in [0.15, 0.2) is 48.5 Å². The third-order valence-corrected chi connectivity index (χ3v) is 7.33. The molecule has 2 N–H and O–H groups in total. The number of carbonyl (C=O) groups excluding carboxylic acids is 1. The van der Waals surface area contributed by atoms with E-state index in [0.717, 1.165) is 24.9 Å². The molecule has 2 aromatic rings. The van der Waals surface area contributed by atoms with Gasteiger partial charge in [0.2, 0.25) is 0 Å². The summed E-state index contributed by atoms with van der Waals surface area (Å²) >= 11 is 1.47. The summed E-state index contributed by atoms with van der Waals surface area (Å²) in [5.41, 5.74) is 4.29. The number of carboxylic acid groups (broad SMARTS) is 1. The van der Waals surface area contributed by atoms with Crippen molar-refractivity contribution in [1.29, 1.82) is 0 Å². The lowest BCUT2D eigenvalue weighted by molar-refractivity contribution is -0.138. The van der Waals surface area contributed by atoms with Crippen LogP contribution in [0.3, 0.4) is 0 Å². The van der Waals surface area contributed by atoms with Gasteiger partial charge in [0.05, 0.1) is 0 Å². The first-order valence-electron chi connectivity index (χ1n) is 13.2. The average molecular weight is 529 g/mol. The molecule has 0 bridgehead atoms. The standard InChI is InChI=1S/C30H44N2O4S/c1-8-24(9-2)25-14-16-26(17-15-25)32(21(3)4)18-22-10-12-23(13-11-22)19-37-20-27(28(33)34)31-29(35)36-30(5,6)7/h10-17,21,24,27H,8-9,18-20H2,1-7H3,(H,31,35)(H,33,34)/t27-/m0/s1. The predicted octanol–water partition coefficient (Wildman–Crippen LogP) is 7.22. The van der Waals surface area contributed by atoms with E-state index in [1.165, 1.54) is 28.6 Å². The largest absolute Gasteiger partial charge is 0.480 e. The van der Waals surface area contributed by atoms with Crippen LogP contribution in [-0.2, 0) is 21.8 Å². The summed E-state index contributed by atoms with van der Waals surface area (Å²) < 4.78 is 5.18. The Hall–Kier alpha value is -2.67. The molecule has 37 heavy (non-hydrogen) atoms. The smallest absolute Gasteiger partial charge is 0.408 e. The second-order valence-corrected chi connectivity index (χ2v) is 11.7. The number of carbonyl (C=O) groups is 2. The Labute approximate surface area is 227 Å². The molecule has 2 rings (SSSR count). The van der Waals surface area contributed by atoms with Gasteiger partial charge in [-0.3, -0.25) is 0 Å². The Kier molecular flexibility index (Phi) is 11.8. The lowest BCUT2D eigenvalue weighted by Gasteiger charge is -2.30. The van der Waals surface area contributed by atoms with Crippen molar-refractivity contribution in [1.82, 2.24) is 5.32 Å². The van der Waals surface area contributed by atoms with Crippen molar-refractivity contribution < 1.29 is 19.4 Å². The highest BCUT2D eigenvalue weighted by Gasteiger charge is 2.24. The number of benzene rings is 2. The zero-order valence-electron chi connectivity index (χ0n) is 23.4. The van der Waals surface area contributed by atoms with Gasteiger partial charge >= 0.3 is 12.1 Å². The molecule has 0 radical (unpaired) electrons. The first-order valence-corrected chi connectivity index (χ1v) is 14.3. The fraction of sp³-hybridized carbons (Fsp3) is 0.533. The molecule has 0 fully saturated rings. The fourth-order valence-corrected chi connectivity index (χ4v) is 5.13. The molecule has 6 nitrogen and oxygen atoms in total. The normalized spacial score (nSPS) is 12.5. The van der Waals surface area contributed by atoms with Crippen molar-refractivity contribution in [3.63, 3.8) is 0 Å². The van der Waals surface area contributed by atoms with E-state index in [1.807, 2.05) is 0 Å². The van der Waals surface area contributed by atoms with Crippen LogP contribution in [0.5, 0.6) is 0 Å². The van der Waals surface area contributed by atoms with Gasteiger partial charge in [-0.15, -0.1) is 0 Å². The van der Waals surface area contributed by atoms with E-state index in [2.05, 4.69) is 86.4 Å². The highest BCUT2D eigenvalue weighted by Crippen LogP contribution is 2.27. The molecule has 0 saturated heterocycles. The Morgan fingerprint density at radius 3 is 2.03 bits per heavy atom. The summed E-state index contributed by atoms with van der Waals surface area (Å²) in [6, 6.07) is 16.8. The number of carboxylic acids is 1. The summed E-state index contributed by atoms with van der Waals surface area (Å²) in [6.07, 6.45) is 1.60. The number of anilines is 1. The molecule has 0 aromatic heterocycles. The van der Waals surface area contributed by atoms with Gasteiger partial charge < -0.3 is 20.1 Å². The van der Waals surface area contributed by atoms with Crippen LogP contribution in [0.4, 0.5) is 10.5 Å². The fourth-order valence-electron chi connectivity index (χ4n) is 4.13. The SMILES string of the molecule is CCC(CC)c1ccc(N(Cc2ccc(CSC[C@H](NC(=O)OC(C)(C)C)C(=O)O)cc2)C(C)C)cc1. The average Bonchev–Trinajstić information content (AvgIpc) is 2.82. The van der Waals surface area contributed by atoms with Gasteiger partial charge in [-0.25, -0.2) is 9.59 Å². The molecule has 7 heteroatoms. The maximum atomic E-state index is 11.9. The molecule has 0 heterocycles. The quantitative estimate of drug-likeness (QED) is 0.286. The number of hydrogen-bond acceptors (Lipinski definition) is 5. The highest BCUT2D eigenvalue weighted by molar-refractivity contribution is 7.98. The molecule has 1 amide bonds. The van der Waals surface area contributed by atoms with Crippen LogP contribution in [0.2, 0.25) is 0 Å². The zero-order valence-corrected chi connectivity index (χ0v) is 24.2. The van der Waals surface area contributed by atoms with Gasteiger partial charge in [0.15, 0.2) is 0 Å². The topological polar surface area (TPSA) is 78.9 Å². The number of alkyl carbamates (subject to hydrolysis) is 1. The van der Waals surface area contributed by atoms with Crippen LogP contribution in [0, 0.1) is 0 Å². The van der Waals surface area contributed by atoms with Crippen molar-refractivity contribution in [2.45, 2.75) is 97.2 Å². The van der Waals surface area contributed by atoms with Gasteiger partial charge in [0.25, 0.3) is 0 Å². The Bertz CT molecular complexity index is 980. The van der Waals surface area contributed by atoms with Crippen molar-refractivity contribution in [2.24, 2.45) is 0 Å². The number of aliphatic carboxylic acids is 1. The molecule has 0 spiro atoms. The minimum atomic E-state index is -1.07. The van der Waals surface area contributed by atoms with Crippen LogP contribution >= 0.6 is 11.8 Å². The number of rotatable bonds is 13. The summed E-state index contributed by atoms with van der Waals surface area (Å²) in [5, 5.41) is 11.9. The molecule has 0 aliphatic rings. The van der Waals surface area contributed by atoms with Crippen molar-refractivity contribution in [3.05, 3.63) is 65.2 Å². The van der Waals surface area contributed by atoms with E-state index in [1.54, 1.807) is 20.8 Å². The van der Waals surface area contributed by atoms with E-state index in [4.69, 9.17) is 4.74 Å². The minimum Gasteiger partial charge on any atom is -0.480 e. The lowest BCUT2D eigenvalue weighted by Crippen LogP contribution is -2.44. The zero-order chi connectivity index (χ0) is 27.6. The second-order valence-electron chi connectivity index (χ2n) is 10.7. The number of ether oxygens (including phenoxy) is 1. The first-order chi connectivity index (χ1) is 17.4. The van der Waals surface area contributed by atoms with Gasteiger partial charge in [0, 0.05) is 29.8 Å². The number of hydrogen-bond donors (Lipinski definition) is 2. The monoisotopic (exact) mass is 528 g/mol. The Morgan fingerprint density at radius 2 is 1.54 bits per heavy atom. The summed E-state index contributed by atoms with van der Waals surface area (Å²) in [5.74, 6) is 0.455. The molecule has 1 atom stereocenters. The Balaban J connectivity index is 1.95. The van der Waals surface area contributed by atoms with E-state index >= 15 is 0 Å². The molecule has 2 aromatic carbocycles. The van der Waals surface area contributed by atoms with Crippen LogP contribution in [0.1, 0.15) is 83.9 Å². The summed E-state index contributed by atoms with van der Waals surface area (Å²) in [4.78, 5) is 25.9. The maximum Gasteiger partial charge on any atom is 0.408 e. The second kappa shape index (κ2) is 14.3. The van der Waals surface area contributed by atoms with E-state index in [9.17, 15) is 14.7 Å². The summed E-state index contributed by atoms with van der Waals surface area (Å²) in [6.45, 7) is 15.0. The predicted molar refractivity (Wildman–Crippen MR) is 154 cm³/mol. The minimum absolute atomic E-state index is 0.254. The van der Waals surface area contributed by atoms with E-state index in [-0.39, 0.29) is 5.75 Å². The van der Waals surface area contributed by atoms with E-state index < -0.39 is 23.7 Å². The molecular formula is C30H44N2O4S. The van der Waals surface area contributed by atoms with E-state index in [0.29, 0.717) is 17.7 Å².